The Hall–Kier alpha value is -1.20. The van der Waals surface area contributed by atoms with E-state index in [1.165, 1.54) is 0 Å². The van der Waals surface area contributed by atoms with Gasteiger partial charge in [0.1, 0.15) is 5.75 Å². The Labute approximate surface area is 119 Å². The molecule has 1 N–H and O–H groups in total. The molecule has 3 nitrogen and oxygen atoms in total. The molecule has 114 valence electrons. The van der Waals surface area contributed by atoms with Crippen LogP contribution < -0.4 is 10.1 Å². The molecule has 1 aromatic carbocycles. The lowest BCUT2D eigenvalue weighted by atomic mass is 10.1. The Morgan fingerprint density at radius 2 is 1.90 bits per heavy atom. The van der Waals surface area contributed by atoms with Gasteiger partial charge in [0.15, 0.2) is 0 Å². The van der Waals surface area contributed by atoms with Crippen LogP contribution in [0.15, 0.2) is 24.3 Å². The van der Waals surface area contributed by atoms with Gasteiger partial charge in [0.05, 0.1) is 0 Å². The summed E-state index contributed by atoms with van der Waals surface area (Å²) in [7, 11) is 4.06. The smallest absolute Gasteiger partial charge is 0.387 e. The molecule has 1 rings (SSSR count). The second kappa shape index (κ2) is 8.87. The van der Waals surface area contributed by atoms with Crippen LogP contribution in [-0.4, -0.2) is 44.7 Å². The predicted molar refractivity (Wildman–Crippen MR) is 77.4 cm³/mol. The summed E-state index contributed by atoms with van der Waals surface area (Å²) in [6.45, 7) is 1.42. The molecule has 5 heteroatoms. The first kappa shape index (κ1) is 16.9. The number of ether oxygens (including phenoxy) is 1. The van der Waals surface area contributed by atoms with Crippen molar-refractivity contribution in [3.63, 3.8) is 0 Å². The highest BCUT2D eigenvalue weighted by Gasteiger charge is 2.09. The van der Waals surface area contributed by atoms with Crippen molar-refractivity contribution in [3.05, 3.63) is 29.8 Å². The standard InChI is InChI=1S/C15H24F2N2O/c1-12(19(3)11-10-18-2)4-5-13-6-8-14(9-7-13)20-15(16)17/h6-9,12,15,18H,4-5,10-11H2,1-3H3. The molecule has 0 spiro atoms. The summed E-state index contributed by atoms with van der Waals surface area (Å²) in [6.07, 6.45) is 1.97. The fraction of sp³-hybridized carbons (Fsp3) is 0.600. The van der Waals surface area contributed by atoms with Crippen LogP contribution >= 0.6 is 0 Å². The highest BCUT2D eigenvalue weighted by atomic mass is 19.3. The molecule has 0 aliphatic heterocycles. The molecule has 0 bridgehead atoms. The minimum atomic E-state index is -2.76. The van der Waals surface area contributed by atoms with Crippen molar-refractivity contribution in [2.45, 2.75) is 32.4 Å². The fourth-order valence-electron chi connectivity index (χ4n) is 1.94. The maximum atomic E-state index is 12.0. The molecule has 1 aromatic rings. The molecule has 0 aromatic heterocycles. The average Bonchev–Trinajstić information content (AvgIpc) is 2.43. The maximum Gasteiger partial charge on any atom is 0.387 e. The maximum absolute atomic E-state index is 12.0. The van der Waals surface area contributed by atoms with Gasteiger partial charge >= 0.3 is 6.61 Å². The molecule has 1 unspecified atom stereocenters. The molecular formula is C15H24F2N2O. The molecule has 20 heavy (non-hydrogen) atoms. The number of hydrogen-bond donors (Lipinski definition) is 1. The second-order valence-corrected chi connectivity index (χ2v) is 4.99. The van der Waals surface area contributed by atoms with E-state index in [0.29, 0.717) is 6.04 Å². The van der Waals surface area contributed by atoms with Crippen molar-refractivity contribution in [2.24, 2.45) is 0 Å². The first-order valence-corrected chi connectivity index (χ1v) is 6.91. The highest BCUT2D eigenvalue weighted by molar-refractivity contribution is 5.27. The van der Waals surface area contributed by atoms with Crippen molar-refractivity contribution in [1.29, 1.82) is 0 Å². The van der Waals surface area contributed by atoms with Crippen LogP contribution in [0.5, 0.6) is 5.75 Å². The van der Waals surface area contributed by atoms with Crippen molar-refractivity contribution in [1.82, 2.24) is 10.2 Å². The summed E-state index contributed by atoms with van der Waals surface area (Å²) in [6, 6.07) is 7.37. The first-order valence-electron chi connectivity index (χ1n) is 6.91. The predicted octanol–water partition coefficient (Wildman–Crippen LogP) is 2.76. The average molecular weight is 286 g/mol. The molecule has 0 radical (unpaired) electrons. The topological polar surface area (TPSA) is 24.5 Å². The monoisotopic (exact) mass is 286 g/mol. The van der Waals surface area contributed by atoms with Gasteiger partial charge < -0.3 is 15.0 Å². The molecule has 0 saturated heterocycles. The van der Waals surface area contributed by atoms with Gasteiger partial charge in [0.2, 0.25) is 0 Å². The first-order chi connectivity index (χ1) is 9.52. The van der Waals surface area contributed by atoms with Crippen molar-refractivity contribution < 1.29 is 13.5 Å². The van der Waals surface area contributed by atoms with E-state index < -0.39 is 6.61 Å². The fourth-order valence-corrected chi connectivity index (χ4v) is 1.94. The summed E-state index contributed by atoms with van der Waals surface area (Å²) in [5.41, 5.74) is 1.14. The van der Waals surface area contributed by atoms with Gasteiger partial charge in [-0.3, -0.25) is 0 Å². The van der Waals surface area contributed by atoms with Crippen LogP contribution in [-0.2, 0) is 6.42 Å². The Kier molecular flexibility index (Phi) is 7.47. The minimum Gasteiger partial charge on any atom is -0.435 e. The third-order valence-electron chi connectivity index (χ3n) is 3.47. The number of halogens is 2. The normalized spacial score (nSPS) is 12.9. The Balaban J connectivity index is 2.37. The van der Waals surface area contributed by atoms with Gasteiger partial charge in [0.25, 0.3) is 0 Å². The largest absolute Gasteiger partial charge is 0.435 e. The molecule has 0 saturated carbocycles. The number of hydrogen-bond acceptors (Lipinski definition) is 3. The Morgan fingerprint density at radius 1 is 1.25 bits per heavy atom. The van der Waals surface area contributed by atoms with E-state index in [9.17, 15) is 8.78 Å². The van der Waals surface area contributed by atoms with E-state index in [1.807, 2.05) is 19.2 Å². The summed E-state index contributed by atoms with van der Waals surface area (Å²) in [5.74, 6) is 0.211. The van der Waals surface area contributed by atoms with Gasteiger partial charge in [-0.1, -0.05) is 12.1 Å². The van der Waals surface area contributed by atoms with Gasteiger partial charge in [0, 0.05) is 19.1 Å². The van der Waals surface area contributed by atoms with Crippen LogP contribution in [0.2, 0.25) is 0 Å². The Bertz CT molecular complexity index is 371. The van der Waals surface area contributed by atoms with E-state index >= 15 is 0 Å². The molecule has 1 atom stereocenters. The van der Waals surface area contributed by atoms with Gasteiger partial charge in [-0.15, -0.1) is 0 Å². The third kappa shape index (κ3) is 6.30. The summed E-state index contributed by atoms with van der Waals surface area (Å²) in [4.78, 5) is 2.31. The number of alkyl halides is 2. The van der Waals surface area contributed by atoms with Gasteiger partial charge in [-0.05, 0) is 51.6 Å². The van der Waals surface area contributed by atoms with E-state index in [-0.39, 0.29) is 5.75 Å². The summed E-state index contributed by atoms with van der Waals surface area (Å²) in [5, 5.41) is 3.13. The molecule has 0 fully saturated rings. The minimum absolute atomic E-state index is 0.211. The van der Waals surface area contributed by atoms with Crippen molar-refractivity contribution in [3.8, 4) is 5.75 Å². The number of likely N-dealkylation sites (N-methyl/N-ethyl adjacent to an activating group) is 2. The van der Waals surface area contributed by atoms with E-state index in [0.717, 1.165) is 31.5 Å². The van der Waals surface area contributed by atoms with E-state index in [2.05, 4.69) is 28.9 Å². The lowest BCUT2D eigenvalue weighted by molar-refractivity contribution is -0.0498. The molecule has 0 heterocycles. The van der Waals surface area contributed by atoms with Gasteiger partial charge in [-0.25, -0.2) is 0 Å². The zero-order valence-corrected chi connectivity index (χ0v) is 12.4. The van der Waals surface area contributed by atoms with Crippen molar-refractivity contribution >= 4 is 0 Å². The van der Waals surface area contributed by atoms with Crippen LogP contribution in [0.1, 0.15) is 18.9 Å². The number of nitrogens with zero attached hydrogens (tertiary/aromatic N) is 1. The Morgan fingerprint density at radius 3 is 2.45 bits per heavy atom. The molecular weight excluding hydrogens is 262 g/mol. The number of rotatable bonds is 9. The highest BCUT2D eigenvalue weighted by Crippen LogP contribution is 2.16. The van der Waals surface area contributed by atoms with Crippen LogP contribution in [0.3, 0.4) is 0 Å². The lowest BCUT2D eigenvalue weighted by Crippen LogP contribution is -2.34. The summed E-state index contributed by atoms with van der Waals surface area (Å²) >= 11 is 0. The summed E-state index contributed by atoms with van der Waals surface area (Å²) < 4.78 is 28.4. The van der Waals surface area contributed by atoms with Crippen LogP contribution in [0, 0.1) is 0 Å². The molecule has 0 aliphatic rings. The molecule has 0 aliphatic carbocycles. The number of aryl methyl sites for hydroxylation is 1. The van der Waals surface area contributed by atoms with Gasteiger partial charge in [-0.2, -0.15) is 8.78 Å². The van der Waals surface area contributed by atoms with E-state index in [4.69, 9.17) is 0 Å². The SMILES string of the molecule is CNCCN(C)C(C)CCc1ccc(OC(F)F)cc1. The van der Waals surface area contributed by atoms with Crippen LogP contribution in [0.25, 0.3) is 0 Å². The van der Waals surface area contributed by atoms with E-state index in [1.54, 1.807) is 12.1 Å². The second-order valence-electron chi connectivity index (χ2n) is 4.99. The zero-order chi connectivity index (χ0) is 15.0. The zero-order valence-electron chi connectivity index (χ0n) is 12.4. The lowest BCUT2D eigenvalue weighted by Gasteiger charge is -2.24. The van der Waals surface area contributed by atoms with Crippen LogP contribution in [0.4, 0.5) is 8.78 Å². The van der Waals surface area contributed by atoms with Crippen molar-refractivity contribution in [2.75, 3.05) is 27.2 Å². The quantitative estimate of drug-likeness (QED) is 0.755. The number of nitrogens with one attached hydrogen (secondary N) is 1. The third-order valence-corrected chi connectivity index (χ3v) is 3.47. The number of benzene rings is 1. The molecule has 0 amide bonds.